The second-order valence-electron chi connectivity index (χ2n) is 4.50. The van der Waals surface area contributed by atoms with E-state index in [2.05, 4.69) is 0 Å². The van der Waals surface area contributed by atoms with Crippen LogP contribution in [-0.4, -0.2) is 24.2 Å². The van der Waals surface area contributed by atoms with Crippen LogP contribution >= 0.6 is 0 Å². The van der Waals surface area contributed by atoms with Crippen LogP contribution in [0, 0.1) is 5.82 Å². The lowest BCUT2D eigenvalue weighted by Gasteiger charge is -2.23. The van der Waals surface area contributed by atoms with Gasteiger partial charge in [0.2, 0.25) is 0 Å². The van der Waals surface area contributed by atoms with Crippen molar-refractivity contribution in [1.82, 2.24) is 4.90 Å². The first-order chi connectivity index (χ1) is 8.84. The first-order valence-corrected chi connectivity index (χ1v) is 6.11. The van der Waals surface area contributed by atoms with Gasteiger partial charge in [0.15, 0.2) is 0 Å². The molecule has 0 aliphatic heterocycles. The van der Waals surface area contributed by atoms with Crippen LogP contribution in [0.2, 0.25) is 0 Å². The van der Waals surface area contributed by atoms with E-state index in [1.807, 2.05) is 0 Å². The van der Waals surface area contributed by atoms with Gasteiger partial charge in [-0.2, -0.15) is 13.2 Å². The summed E-state index contributed by atoms with van der Waals surface area (Å²) in [5.41, 5.74) is 6.51. The van der Waals surface area contributed by atoms with Gasteiger partial charge in [0.25, 0.3) is 0 Å². The van der Waals surface area contributed by atoms with Crippen molar-refractivity contribution in [3.63, 3.8) is 0 Å². The van der Waals surface area contributed by atoms with E-state index in [0.29, 0.717) is 24.1 Å². The van der Waals surface area contributed by atoms with Crippen LogP contribution in [0.25, 0.3) is 0 Å². The maximum atomic E-state index is 13.3. The monoisotopic (exact) mass is 278 g/mol. The molecule has 0 fully saturated rings. The highest BCUT2D eigenvalue weighted by atomic mass is 19.4. The van der Waals surface area contributed by atoms with Gasteiger partial charge in [0.1, 0.15) is 5.82 Å². The minimum atomic E-state index is -4.25. The lowest BCUT2D eigenvalue weighted by Crippen LogP contribution is -2.34. The van der Waals surface area contributed by atoms with Gasteiger partial charge in [-0.25, -0.2) is 4.39 Å². The fraction of sp³-hybridized carbons (Fsp3) is 0.538. The highest BCUT2D eigenvalue weighted by Gasteiger charge is 2.30. The number of alkyl halides is 3. The Morgan fingerprint density at radius 3 is 2.32 bits per heavy atom. The van der Waals surface area contributed by atoms with Crippen LogP contribution in [-0.2, 0) is 13.1 Å². The topological polar surface area (TPSA) is 29.3 Å². The third kappa shape index (κ3) is 6.02. The van der Waals surface area contributed by atoms with Gasteiger partial charge in [-0.05, 0) is 36.2 Å². The summed E-state index contributed by atoms with van der Waals surface area (Å²) in [6, 6.07) is 4.18. The molecule has 19 heavy (non-hydrogen) atoms. The maximum Gasteiger partial charge on any atom is 0.401 e. The van der Waals surface area contributed by atoms with Gasteiger partial charge in [-0.3, -0.25) is 4.90 Å². The van der Waals surface area contributed by atoms with E-state index in [9.17, 15) is 17.6 Å². The van der Waals surface area contributed by atoms with Crippen LogP contribution in [0.1, 0.15) is 24.5 Å². The molecule has 0 saturated carbocycles. The standard InChI is InChI=1S/C13H18F4N2/c1-2-3-19(9-13(15,16)17)8-11-4-10(7-18)5-12(14)6-11/h4-6H,2-3,7-9,18H2,1H3. The first-order valence-electron chi connectivity index (χ1n) is 6.11. The second kappa shape index (κ2) is 6.86. The van der Waals surface area contributed by atoms with E-state index in [1.54, 1.807) is 13.0 Å². The van der Waals surface area contributed by atoms with Crippen molar-refractivity contribution in [3.05, 3.63) is 35.1 Å². The molecule has 2 N–H and O–H groups in total. The van der Waals surface area contributed by atoms with Gasteiger partial charge < -0.3 is 5.73 Å². The molecule has 1 aromatic rings. The van der Waals surface area contributed by atoms with E-state index >= 15 is 0 Å². The molecule has 0 radical (unpaired) electrons. The lowest BCUT2D eigenvalue weighted by atomic mass is 10.1. The quantitative estimate of drug-likeness (QED) is 0.810. The van der Waals surface area contributed by atoms with Crippen LogP contribution in [0.15, 0.2) is 18.2 Å². The summed E-state index contributed by atoms with van der Waals surface area (Å²) in [7, 11) is 0. The molecule has 1 aromatic carbocycles. The Morgan fingerprint density at radius 2 is 1.79 bits per heavy atom. The molecule has 0 aliphatic carbocycles. The highest BCUT2D eigenvalue weighted by molar-refractivity contribution is 5.24. The average Bonchev–Trinajstić information content (AvgIpc) is 2.26. The third-order valence-electron chi connectivity index (χ3n) is 2.60. The van der Waals surface area contributed by atoms with E-state index in [-0.39, 0.29) is 13.1 Å². The maximum absolute atomic E-state index is 13.3. The molecule has 0 amide bonds. The smallest absolute Gasteiger partial charge is 0.326 e. The van der Waals surface area contributed by atoms with Crippen molar-refractivity contribution >= 4 is 0 Å². The Hall–Kier alpha value is -1.14. The van der Waals surface area contributed by atoms with Crippen LogP contribution in [0.3, 0.4) is 0 Å². The highest BCUT2D eigenvalue weighted by Crippen LogP contribution is 2.19. The van der Waals surface area contributed by atoms with Crippen LogP contribution in [0.4, 0.5) is 17.6 Å². The van der Waals surface area contributed by atoms with Gasteiger partial charge in [-0.15, -0.1) is 0 Å². The summed E-state index contributed by atoms with van der Waals surface area (Å²) in [5.74, 6) is -0.471. The molecule has 0 heterocycles. The fourth-order valence-corrected chi connectivity index (χ4v) is 1.97. The Bertz CT molecular complexity index is 404. The Labute approximate surface area is 110 Å². The molecular weight excluding hydrogens is 260 g/mol. The first kappa shape index (κ1) is 15.9. The summed E-state index contributed by atoms with van der Waals surface area (Å²) < 4.78 is 50.6. The van der Waals surface area contributed by atoms with Gasteiger partial charge in [0.05, 0.1) is 6.54 Å². The van der Waals surface area contributed by atoms with Gasteiger partial charge >= 0.3 is 6.18 Å². The Balaban J connectivity index is 2.80. The van der Waals surface area contributed by atoms with Crippen molar-refractivity contribution < 1.29 is 17.6 Å². The molecular formula is C13H18F4N2. The van der Waals surface area contributed by atoms with Crippen LogP contribution < -0.4 is 5.73 Å². The zero-order valence-electron chi connectivity index (χ0n) is 10.8. The average molecular weight is 278 g/mol. The number of hydrogen-bond donors (Lipinski definition) is 1. The molecule has 2 nitrogen and oxygen atoms in total. The summed E-state index contributed by atoms with van der Waals surface area (Å²) in [6.07, 6.45) is -3.64. The zero-order chi connectivity index (χ0) is 14.5. The molecule has 0 saturated heterocycles. The normalized spacial score (nSPS) is 12.2. The second-order valence-corrected chi connectivity index (χ2v) is 4.50. The SMILES string of the molecule is CCCN(Cc1cc(F)cc(CN)c1)CC(F)(F)F. The fourth-order valence-electron chi connectivity index (χ4n) is 1.97. The number of hydrogen-bond acceptors (Lipinski definition) is 2. The summed E-state index contributed by atoms with van der Waals surface area (Å²) in [5, 5.41) is 0. The molecule has 0 aromatic heterocycles. The zero-order valence-corrected chi connectivity index (χ0v) is 10.8. The summed E-state index contributed by atoms with van der Waals surface area (Å²) in [6.45, 7) is 1.36. The molecule has 0 atom stereocenters. The molecule has 1 rings (SSSR count). The molecule has 108 valence electrons. The van der Waals surface area contributed by atoms with Crippen LogP contribution in [0.5, 0.6) is 0 Å². The largest absolute Gasteiger partial charge is 0.401 e. The number of halogens is 4. The number of benzene rings is 1. The van der Waals surface area contributed by atoms with Crippen molar-refractivity contribution in [2.24, 2.45) is 5.73 Å². The van der Waals surface area contributed by atoms with Crippen molar-refractivity contribution in [2.75, 3.05) is 13.1 Å². The van der Waals surface area contributed by atoms with Gasteiger partial charge in [0, 0.05) is 13.1 Å². The molecule has 0 spiro atoms. The van der Waals surface area contributed by atoms with E-state index in [1.165, 1.54) is 17.0 Å². The Kier molecular flexibility index (Phi) is 5.75. The van der Waals surface area contributed by atoms with Crippen molar-refractivity contribution in [2.45, 2.75) is 32.6 Å². The summed E-state index contributed by atoms with van der Waals surface area (Å²) in [4.78, 5) is 1.26. The molecule has 0 aliphatic rings. The molecule has 6 heteroatoms. The lowest BCUT2D eigenvalue weighted by molar-refractivity contribution is -0.147. The van der Waals surface area contributed by atoms with Crippen molar-refractivity contribution in [1.29, 1.82) is 0 Å². The molecule has 0 unspecified atom stereocenters. The summed E-state index contributed by atoms with van der Waals surface area (Å²) >= 11 is 0. The predicted octanol–water partition coefficient (Wildman–Crippen LogP) is 3.06. The molecule has 0 bridgehead atoms. The third-order valence-corrected chi connectivity index (χ3v) is 2.60. The minimum Gasteiger partial charge on any atom is -0.326 e. The Morgan fingerprint density at radius 1 is 1.16 bits per heavy atom. The minimum absolute atomic E-state index is 0.0676. The predicted molar refractivity (Wildman–Crippen MR) is 65.9 cm³/mol. The van der Waals surface area contributed by atoms with E-state index in [0.717, 1.165) is 0 Å². The number of rotatable bonds is 6. The van der Waals surface area contributed by atoms with Crippen molar-refractivity contribution in [3.8, 4) is 0 Å². The number of nitrogens with zero attached hydrogens (tertiary/aromatic N) is 1. The van der Waals surface area contributed by atoms with E-state index < -0.39 is 18.5 Å². The van der Waals surface area contributed by atoms with Gasteiger partial charge in [-0.1, -0.05) is 13.0 Å². The number of nitrogens with two attached hydrogens (primary N) is 1. The van der Waals surface area contributed by atoms with E-state index in [4.69, 9.17) is 5.73 Å².